The number of alkyl halides is 3. The molecule has 0 amide bonds. The molecule has 0 N–H and O–H groups in total. The van der Waals surface area contributed by atoms with Gasteiger partial charge in [0.25, 0.3) is 0 Å². The van der Waals surface area contributed by atoms with Crippen LogP contribution in [0.15, 0.2) is 0 Å². The second-order valence-corrected chi connectivity index (χ2v) is 5.17. The summed E-state index contributed by atoms with van der Waals surface area (Å²) in [6.45, 7) is 1.88. The summed E-state index contributed by atoms with van der Waals surface area (Å²) < 4.78 is 28.6. The monoisotopic (exact) mass is 332 g/mol. The lowest BCUT2D eigenvalue weighted by Crippen LogP contribution is -2.42. The Bertz CT molecular complexity index is 228. The molecule has 1 fully saturated rings. The molecule has 0 aromatic heterocycles. The van der Waals surface area contributed by atoms with Crippen molar-refractivity contribution in [1.82, 2.24) is 0 Å². The zero-order valence-electron chi connectivity index (χ0n) is 8.64. The van der Waals surface area contributed by atoms with E-state index in [0.717, 1.165) is 35.4 Å². The first-order valence-electron chi connectivity index (χ1n) is 5.18. The van der Waals surface area contributed by atoms with Gasteiger partial charge in [0.1, 0.15) is 11.9 Å². The fourth-order valence-corrected chi connectivity index (χ4v) is 2.56. The normalized spacial score (nSPS) is 25.3. The number of rotatable bonds is 4. The molecule has 1 aliphatic carbocycles. The molecular weight excluding hydrogens is 317 g/mol. The first-order chi connectivity index (χ1) is 6.96. The largest absolute Gasteiger partial charge is 0.371 e. The van der Waals surface area contributed by atoms with E-state index < -0.39 is 16.0 Å². The number of hydrogen-bond acceptors (Lipinski definition) is 2. The van der Waals surface area contributed by atoms with Gasteiger partial charge in [-0.15, -0.1) is 0 Å². The molecule has 0 aromatic rings. The third-order valence-corrected chi connectivity index (χ3v) is 3.25. The summed E-state index contributed by atoms with van der Waals surface area (Å²) in [5.74, 6) is -0.693. The van der Waals surface area contributed by atoms with Crippen LogP contribution in [0.2, 0.25) is 0 Å². The fourth-order valence-electron chi connectivity index (χ4n) is 1.95. The van der Waals surface area contributed by atoms with Crippen LogP contribution in [0.25, 0.3) is 0 Å². The molecule has 0 saturated heterocycles. The summed E-state index contributed by atoms with van der Waals surface area (Å²) in [4.78, 5) is 11.5. The van der Waals surface area contributed by atoms with E-state index in [2.05, 4.69) is 0 Å². The summed E-state index contributed by atoms with van der Waals surface area (Å²) in [6, 6.07) is 0. The van der Waals surface area contributed by atoms with E-state index in [1.54, 1.807) is 6.92 Å². The molecule has 2 nitrogen and oxygen atoms in total. The Kier molecular flexibility index (Phi) is 4.89. The van der Waals surface area contributed by atoms with Gasteiger partial charge in [0, 0.05) is 35.6 Å². The van der Waals surface area contributed by atoms with Crippen LogP contribution in [0.5, 0.6) is 0 Å². The predicted molar refractivity (Wildman–Crippen MR) is 61.3 cm³/mol. The molecule has 0 aromatic carbocycles. The molecule has 0 spiro atoms. The second-order valence-electron chi connectivity index (χ2n) is 3.74. The maximum Gasteiger partial charge on any atom is 0.322 e. The van der Waals surface area contributed by atoms with Gasteiger partial charge < -0.3 is 4.74 Å². The summed E-state index contributed by atoms with van der Waals surface area (Å²) in [7, 11) is 0. The summed E-state index contributed by atoms with van der Waals surface area (Å²) in [5.41, 5.74) is 0. The third kappa shape index (κ3) is 3.62. The maximum absolute atomic E-state index is 13.2. The molecule has 0 aliphatic heterocycles. The lowest BCUT2D eigenvalue weighted by Gasteiger charge is -2.31. The molecule has 1 rings (SSSR count). The van der Waals surface area contributed by atoms with E-state index in [1.165, 1.54) is 0 Å². The first kappa shape index (κ1) is 13.3. The van der Waals surface area contributed by atoms with Crippen molar-refractivity contribution in [3.8, 4) is 0 Å². The Morgan fingerprint density at radius 2 is 2.27 bits per heavy atom. The van der Waals surface area contributed by atoms with E-state index >= 15 is 0 Å². The number of hydrogen-bond donors (Lipinski definition) is 0. The number of ether oxygens (including phenoxy) is 1. The van der Waals surface area contributed by atoms with E-state index in [0.29, 0.717) is 12.8 Å². The minimum Gasteiger partial charge on any atom is -0.371 e. The van der Waals surface area contributed by atoms with Gasteiger partial charge in [-0.05, 0) is 19.8 Å². The maximum atomic E-state index is 13.2. The van der Waals surface area contributed by atoms with Crippen LogP contribution in [0.4, 0.5) is 8.78 Å². The summed E-state index contributed by atoms with van der Waals surface area (Å²) in [5, 5.41) is 0. The second kappa shape index (κ2) is 5.52. The molecule has 0 bridgehead atoms. The molecule has 15 heavy (non-hydrogen) atoms. The lowest BCUT2D eigenvalue weighted by molar-refractivity contribution is -0.141. The van der Waals surface area contributed by atoms with Crippen molar-refractivity contribution < 1.29 is 18.3 Å². The molecule has 0 radical (unpaired) electrons. The van der Waals surface area contributed by atoms with E-state index in [-0.39, 0.29) is 12.4 Å². The van der Waals surface area contributed by atoms with Gasteiger partial charge >= 0.3 is 3.93 Å². The molecular formula is C10H15F2IO2. The fraction of sp³-hybridized carbons (Fsp3) is 0.900. The molecule has 1 saturated carbocycles. The number of carbonyl (C=O) groups excluding carboxylic acids is 1. The van der Waals surface area contributed by atoms with Crippen molar-refractivity contribution >= 4 is 28.4 Å². The van der Waals surface area contributed by atoms with E-state index in [9.17, 15) is 13.6 Å². The Balaban J connectivity index is 2.73. The molecule has 1 aliphatic rings. The van der Waals surface area contributed by atoms with Crippen LogP contribution in [-0.2, 0) is 9.53 Å². The highest BCUT2D eigenvalue weighted by atomic mass is 127. The van der Waals surface area contributed by atoms with Crippen LogP contribution in [0.1, 0.15) is 32.6 Å². The van der Waals surface area contributed by atoms with Gasteiger partial charge in [0.15, 0.2) is 0 Å². The van der Waals surface area contributed by atoms with Crippen molar-refractivity contribution in [2.75, 3.05) is 6.61 Å². The molecule has 5 heteroatoms. The number of Topliss-reactive ketones (excluding diaryl/α,β-unsaturated/α-hetero) is 1. The highest BCUT2D eigenvalue weighted by Crippen LogP contribution is 2.38. The quantitative estimate of drug-likeness (QED) is 0.584. The number of halogens is 3. The SMILES string of the molecule is CCOC(C1CCCCC1=O)C(F)(F)I. The van der Waals surface area contributed by atoms with Crippen LogP contribution in [0, 0.1) is 5.92 Å². The smallest absolute Gasteiger partial charge is 0.322 e. The van der Waals surface area contributed by atoms with E-state index in [1.807, 2.05) is 0 Å². The van der Waals surface area contributed by atoms with Crippen LogP contribution >= 0.6 is 22.6 Å². The average Bonchev–Trinajstić information content (AvgIpc) is 2.14. The Morgan fingerprint density at radius 3 is 2.73 bits per heavy atom. The average molecular weight is 332 g/mol. The van der Waals surface area contributed by atoms with Crippen LogP contribution in [0.3, 0.4) is 0 Å². The van der Waals surface area contributed by atoms with Gasteiger partial charge in [0.2, 0.25) is 0 Å². The van der Waals surface area contributed by atoms with Crippen LogP contribution in [-0.4, -0.2) is 22.4 Å². The first-order valence-corrected chi connectivity index (χ1v) is 6.25. The highest BCUT2D eigenvalue weighted by molar-refractivity contribution is 14.1. The minimum atomic E-state index is -2.97. The van der Waals surface area contributed by atoms with Gasteiger partial charge in [0.05, 0.1) is 5.92 Å². The zero-order valence-corrected chi connectivity index (χ0v) is 10.8. The molecule has 0 heterocycles. The Hall–Kier alpha value is 0.220. The Labute approximate surface area is 102 Å². The minimum absolute atomic E-state index is 0.0731. The van der Waals surface area contributed by atoms with Gasteiger partial charge in [-0.25, -0.2) is 0 Å². The van der Waals surface area contributed by atoms with Gasteiger partial charge in [-0.3, -0.25) is 4.79 Å². The third-order valence-electron chi connectivity index (χ3n) is 2.64. The molecule has 2 unspecified atom stereocenters. The lowest BCUT2D eigenvalue weighted by atomic mass is 9.84. The molecule has 2 atom stereocenters. The van der Waals surface area contributed by atoms with Crippen molar-refractivity contribution in [2.45, 2.75) is 42.6 Å². The van der Waals surface area contributed by atoms with Crippen molar-refractivity contribution in [1.29, 1.82) is 0 Å². The number of ketones is 1. The van der Waals surface area contributed by atoms with Gasteiger partial charge in [-0.2, -0.15) is 8.78 Å². The zero-order chi connectivity index (χ0) is 11.5. The van der Waals surface area contributed by atoms with E-state index in [4.69, 9.17) is 4.74 Å². The van der Waals surface area contributed by atoms with Crippen LogP contribution < -0.4 is 0 Å². The molecule has 88 valence electrons. The summed E-state index contributed by atoms with van der Waals surface area (Å²) >= 11 is 1.06. The van der Waals surface area contributed by atoms with Crippen molar-refractivity contribution in [3.63, 3.8) is 0 Å². The Morgan fingerprint density at radius 1 is 1.60 bits per heavy atom. The topological polar surface area (TPSA) is 26.3 Å². The van der Waals surface area contributed by atoms with Crippen molar-refractivity contribution in [3.05, 3.63) is 0 Å². The van der Waals surface area contributed by atoms with Gasteiger partial charge in [-0.1, -0.05) is 6.42 Å². The van der Waals surface area contributed by atoms with Crippen molar-refractivity contribution in [2.24, 2.45) is 5.92 Å². The summed E-state index contributed by atoms with van der Waals surface area (Å²) in [6.07, 6.45) is 1.35. The standard InChI is InChI=1S/C10H15F2IO2/c1-2-15-9(10(11,12)13)7-5-3-4-6-8(7)14/h7,9H,2-6H2,1H3. The highest BCUT2D eigenvalue weighted by Gasteiger charge is 2.45. The number of carbonyl (C=O) groups is 1. The predicted octanol–water partition coefficient (Wildman–Crippen LogP) is 3.18.